The summed E-state index contributed by atoms with van der Waals surface area (Å²) in [5.41, 5.74) is 0. The number of nitrogens with zero attached hydrogens (tertiary/aromatic N) is 4. The second-order valence-corrected chi connectivity index (χ2v) is 9.03. The van der Waals surface area contributed by atoms with Gasteiger partial charge in [0.2, 0.25) is 0 Å². The maximum absolute atomic E-state index is 12.5. The predicted molar refractivity (Wildman–Crippen MR) is 138 cm³/mol. The Balaban J connectivity index is 3.52. The Morgan fingerprint density at radius 2 is 0.600 bits per heavy atom. The maximum Gasteiger partial charge on any atom is 0.325 e. The molecule has 16 heteroatoms. The summed E-state index contributed by atoms with van der Waals surface area (Å²) in [5, 5.41) is 40.0. The van der Waals surface area contributed by atoms with Gasteiger partial charge < -0.3 is 39.4 Å². The van der Waals surface area contributed by atoms with Gasteiger partial charge in [-0.2, -0.15) is 0 Å². The van der Waals surface area contributed by atoms with Crippen LogP contribution in [0.1, 0.15) is 0 Å². The summed E-state index contributed by atoms with van der Waals surface area (Å²) in [6.07, 6.45) is 0. The minimum absolute atomic E-state index is 0.115. The Kier molecular flexibility index (Phi) is 16.7. The van der Waals surface area contributed by atoms with E-state index in [1.54, 1.807) is 19.6 Å². The highest BCUT2D eigenvalue weighted by Crippen LogP contribution is 2.12. The highest BCUT2D eigenvalue weighted by molar-refractivity contribution is 5.77. The van der Waals surface area contributed by atoms with Gasteiger partial charge in [-0.25, -0.2) is 0 Å². The van der Waals surface area contributed by atoms with E-state index in [0.717, 1.165) is 0 Å². The van der Waals surface area contributed by atoms with E-state index in [-0.39, 0.29) is 52.4 Å². The van der Waals surface area contributed by atoms with Gasteiger partial charge in [0.1, 0.15) is 24.2 Å². The summed E-state index contributed by atoms with van der Waals surface area (Å²) < 4.78 is 19.4. The van der Waals surface area contributed by atoms with Gasteiger partial charge >= 0.3 is 23.9 Å². The molecule has 232 valence electrons. The van der Waals surface area contributed by atoms with Crippen molar-refractivity contribution >= 4 is 23.9 Å². The van der Waals surface area contributed by atoms with E-state index in [4.69, 9.17) is 18.9 Å². The number of esters is 4. The molecule has 0 bridgehead atoms. The summed E-state index contributed by atoms with van der Waals surface area (Å²) in [5.74, 6) is -2.77. The lowest BCUT2D eigenvalue weighted by Crippen LogP contribution is -2.58. The number of hydrogen-bond donors (Lipinski definition) is 4. The van der Waals surface area contributed by atoms with Crippen molar-refractivity contribution in [1.29, 1.82) is 0 Å². The summed E-state index contributed by atoms with van der Waals surface area (Å²) in [6, 6.07) is -4.27. The van der Waals surface area contributed by atoms with E-state index in [9.17, 15) is 39.6 Å². The maximum atomic E-state index is 12.5. The molecule has 1 aliphatic rings. The molecule has 0 aromatic rings. The highest BCUT2D eigenvalue weighted by Gasteiger charge is 2.35. The van der Waals surface area contributed by atoms with E-state index in [1.807, 2.05) is 0 Å². The molecule has 4 atom stereocenters. The van der Waals surface area contributed by atoms with Gasteiger partial charge in [0.05, 0.1) is 54.9 Å². The lowest BCUT2D eigenvalue weighted by Gasteiger charge is -2.39. The molecule has 0 saturated carbocycles. The number of carbonyl (C=O) groups is 4. The molecule has 1 aliphatic heterocycles. The molecule has 1 saturated heterocycles. The second-order valence-electron chi connectivity index (χ2n) is 9.03. The van der Waals surface area contributed by atoms with Crippen molar-refractivity contribution in [3.63, 3.8) is 0 Å². The standard InChI is InChI=1S/C24H44N4O12/c1-37-21(33)17(13-29)25-5-7-26(18(14-30)22(34)38-2)9-11-28(20(16-32)24(36)40-4)12-10-27(8-6-25)19(15-31)23(35)39-3/h17-20,29-32H,5-16H2,1-4H3. The molecule has 40 heavy (non-hydrogen) atoms. The zero-order valence-electron chi connectivity index (χ0n) is 23.6. The number of rotatable bonds is 12. The number of carbonyl (C=O) groups excluding carboxylic acids is 4. The Hall–Kier alpha value is -2.44. The fraction of sp³-hybridized carbons (Fsp3) is 0.833. The third-order valence-electron chi connectivity index (χ3n) is 7.05. The third kappa shape index (κ3) is 9.88. The van der Waals surface area contributed by atoms with Crippen LogP contribution >= 0.6 is 0 Å². The van der Waals surface area contributed by atoms with E-state index in [1.165, 1.54) is 28.4 Å². The lowest BCUT2D eigenvalue weighted by atomic mass is 10.1. The van der Waals surface area contributed by atoms with Crippen LogP contribution in [0, 0.1) is 0 Å². The molecule has 1 rings (SSSR count). The first-order chi connectivity index (χ1) is 19.2. The van der Waals surface area contributed by atoms with Crippen molar-refractivity contribution in [2.24, 2.45) is 0 Å². The van der Waals surface area contributed by atoms with Gasteiger partial charge in [0, 0.05) is 52.4 Å². The first-order valence-corrected chi connectivity index (χ1v) is 12.9. The fourth-order valence-electron chi connectivity index (χ4n) is 4.62. The molecule has 0 radical (unpaired) electrons. The monoisotopic (exact) mass is 580 g/mol. The molecule has 4 N–H and O–H groups in total. The minimum atomic E-state index is -1.07. The molecule has 0 amide bonds. The van der Waals surface area contributed by atoms with Gasteiger partial charge in [0.15, 0.2) is 0 Å². The van der Waals surface area contributed by atoms with Crippen LogP contribution in [0.4, 0.5) is 0 Å². The van der Waals surface area contributed by atoms with Crippen LogP contribution in [-0.4, -0.2) is 195 Å². The van der Waals surface area contributed by atoms with Gasteiger partial charge in [-0.15, -0.1) is 0 Å². The van der Waals surface area contributed by atoms with E-state index >= 15 is 0 Å². The molecule has 0 spiro atoms. The van der Waals surface area contributed by atoms with Gasteiger partial charge in [0.25, 0.3) is 0 Å². The first kappa shape index (κ1) is 35.6. The largest absolute Gasteiger partial charge is 0.468 e. The molecule has 16 nitrogen and oxygen atoms in total. The average molecular weight is 581 g/mol. The van der Waals surface area contributed by atoms with Crippen LogP contribution in [0.15, 0.2) is 0 Å². The Morgan fingerprint density at radius 1 is 0.450 bits per heavy atom. The first-order valence-electron chi connectivity index (χ1n) is 12.9. The molecule has 0 aliphatic carbocycles. The third-order valence-corrected chi connectivity index (χ3v) is 7.05. The second kappa shape index (κ2) is 18.8. The van der Waals surface area contributed by atoms with Crippen LogP contribution in [0.3, 0.4) is 0 Å². The van der Waals surface area contributed by atoms with Crippen LogP contribution in [-0.2, 0) is 38.1 Å². The van der Waals surface area contributed by atoms with E-state index in [2.05, 4.69) is 0 Å². The summed E-state index contributed by atoms with van der Waals surface area (Å²) in [4.78, 5) is 56.3. The number of hydrogen-bond acceptors (Lipinski definition) is 16. The highest BCUT2D eigenvalue weighted by atomic mass is 16.5. The molecular formula is C24H44N4O12. The number of ether oxygens (including phenoxy) is 4. The van der Waals surface area contributed by atoms with Crippen molar-refractivity contribution in [1.82, 2.24) is 19.6 Å². The number of aliphatic hydroxyl groups is 4. The smallest absolute Gasteiger partial charge is 0.325 e. The van der Waals surface area contributed by atoms with Crippen molar-refractivity contribution in [3.05, 3.63) is 0 Å². The molecule has 1 heterocycles. The summed E-state index contributed by atoms with van der Waals surface area (Å²) in [6.45, 7) is -1.36. The quantitative estimate of drug-likeness (QED) is 0.127. The van der Waals surface area contributed by atoms with Gasteiger partial charge in [-0.05, 0) is 0 Å². The Morgan fingerprint density at radius 3 is 0.700 bits per heavy atom. The topological polar surface area (TPSA) is 199 Å². The predicted octanol–water partition coefficient (Wildman–Crippen LogP) is -4.66. The van der Waals surface area contributed by atoms with E-state index in [0.29, 0.717) is 0 Å². The van der Waals surface area contributed by atoms with Crippen LogP contribution in [0.2, 0.25) is 0 Å². The van der Waals surface area contributed by atoms with Gasteiger partial charge in [-0.1, -0.05) is 0 Å². The summed E-state index contributed by atoms with van der Waals surface area (Å²) in [7, 11) is 4.74. The SMILES string of the molecule is COC(=O)C(CO)N1CCN(C(CO)C(=O)OC)CCN(C(CO)C(=O)OC)CCN(C(CO)C(=O)OC)CC1. The van der Waals surface area contributed by atoms with Crippen LogP contribution in [0.25, 0.3) is 0 Å². The zero-order valence-corrected chi connectivity index (χ0v) is 23.6. The normalized spacial score (nSPS) is 20.2. The molecule has 0 aromatic heterocycles. The van der Waals surface area contributed by atoms with Crippen molar-refractivity contribution < 1.29 is 58.6 Å². The van der Waals surface area contributed by atoms with Crippen LogP contribution in [0.5, 0.6) is 0 Å². The average Bonchev–Trinajstić information content (AvgIpc) is 2.97. The molecule has 0 aromatic carbocycles. The zero-order chi connectivity index (χ0) is 30.2. The number of aliphatic hydroxyl groups excluding tert-OH is 4. The Labute approximate surface area is 233 Å². The summed E-state index contributed by atoms with van der Waals surface area (Å²) >= 11 is 0. The minimum Gasteiger partial charge on any atom is -0.468 e. The Bertz CT molecular complexity index is 660. The van der Waals surface area contributed by atoms with Gasteiger partial charge in [-0.3, -0.25) is 38.8 Å². The van der Waals surface area contributed by atoms with Crippen LogP contribution < -0.4 is 0 Å². The molecular weight excluding hydrogens is 536 g/mol. The molecule has 1 fully saturated rings. The molecule has 4 unspecified atom stereocenters. The lowest BCUT2D eigenvalue weighted by molar-refractivity contribution is -0.153. The van der Waals surface area contributed by atoms with Crippen molar-refractivity contribution in [2.75, 3.05) is 107 Å². The van der Waals surface area contributed by atoms with Crippen molar-refractivity contribution in [2.45, 2.75) is 24.2 Å². The van der Waals surface area contributed by atoms with E-state index < -0.39 is 74.5 Å². The van der Waals surface area contributed by atoms with Crippen molar-refractivity contribution in [3.8, 4) is 0 Å². The fourth-order valence-corrected chi connectivity index (χ4v) is 4.62. The number of methoxy groups -OCH3 is 4.